The van der Waals surface area contributed by atoms with E-state index in [0.29, 0.717) is 24.8 Å². The third-order valence-electron chi connectivity index (χ3n) is 12.5. The standard InChI is InChI=1S/C46H75NO10Si/c1-15-40(53-14)35(9)34(8)39(48)30-45(10,11)27-18-19-32(6)43-33(7)20-25-41(55-44(50)54-37-23-21-36(22-24-37)47(51)52)46(12,13)28-26-38(29-42(49)56-43)57-58(16-2,17-3)31(4)5/h18-25,27,31,33-35,38-41,43,48H,15-17,26,28-30H2,1-14H3/b25-20+,27-18+,32-19+. The van der Waals surface area contributed by atoms with Crippen molar-refractivity contribution in [3.8, 4) is 5.75 Å². The molecule has 0 radical (unpaired) electrons. The maximum Gasteiger partial charge on any atom is 0.514 e. The molecule has 12 heteroatoms. The Morgan fingerprint density at radius 3 is 2.24 bits per heavy atom. The molecular weight excluding hydrogens is 755 g/mol. The largest absolute Gasteiger partial charge is 0.514 e. The summed E-state index contributed by atoms with van der Waals surface area (Å²) in [6.07, 6.45) is 9.37. The Hall–Kier alpha value is -3.32. The Morgan fingerprint density at radius 1 is 1.09 bits per heavy atom. The number of allylic oxidation sites excluding steroid dienone is 3. The maximum absolute atomic E-state index is 13.9. The number of nitro groups is 1. The Morgan fingerprint density at radius 2 is 1.71 bits per heavy atom. The van der Waals surface area contributed by atoms with Crippen molar-refractivity contribution < 1.29 is 43.0 Å². The number of aliphatic hydroxyl groups is 1. The highest BCUT2D eigenvalue weighted by molar-refractivity contribution is 6.75. The fourth-order valence-corrected chi connectivity index (χ4v) is 11.7. The van der Waals surface area contributed by atoms with E-state index in [1.807, 2.05) is 52.0 Å². The second-order valence-electron chi connectivity index (χ2n) is 18.1. The molecule has 58 heavy (non-hydrogen) atoms. The van der Waals surface area contributed by atoms with Crippen LogP contribution in [-0.2, 0) is 23.4 Å². The van der Waals surface area contributed by atoms with Gasteiger partial charge in [-0.1, -0.05) is 107 Å². The molecule has 8 atom stereocenters. The lowest BCUT2D eigenvalue weighted by Gasteiger charge is -2.39. The molecule has 1 N–H and O–H groups in total. The van der Waals surface area contributed by atoms with Crippen LogP contribution >= 0.6 is 0 Å². The van der Waals surface area contributed by atoms with Gasteiger partial charge < -0.3 is 28.5 Å². The van der Waals surface area contributed by atoms with Crippen LogP contribution in [0.25, 0.3) is 0 Å². The molecule has 8 unspecified atom stereocenters. The molecule has 0 amide bonds. The van der Waals surface area contributed by atoms with Crippen LogP contribution in [0.2, 0.25) is 17.6 Å². The van der Waals surface area contributed by atoms with Gasteiger partial charge in [0.25, 0.3) is 5.69 Å². The van der Waals surface area contributed by atoms with Crippen LogP contribution in [0, 0.1) is 38.7 Å². The lowest BCUT2D eigenvalue weighted by molar-refractivity contribution is -0.384. The molecule has 328 valence electrons. The summed E-state index contributed by atoms with van der Waals surface area (Å²) >= 11 is 0. The van der Waals surface area contributed by atoms with Gasteiger partial charge in [0.1, 0.15) is 18.0 Å². The van der Waals surface area contributed by atoms with E-state index >= 15 is 0 Å². The van der Waals surface area contributed by atoms with Gasteiger partial charge in [0.05, 0.1) is 29.7 Å². The lowest BCUT2D eigenvalue weighted by Crippen LogP contribution is -2.45. The van der Waals surface area contributed by atoms with Crippen molar-refractivity contribution in [3.63, 3.8) is 0 Å². The van der Waals surface area contributed by atoms with E-state index in [-0.39, 0.29) is 59.2 Å². The Kier molecular flexibility index (Phi) is 20.1. The topological polar surface area (TPSA) is 144 Å². The van der Waals surface area contributed by atoms with Gasteiger partial charge >= 0.3 is 12.1 Å². The number of cyclic esters (lactones) is 1. The third-order valence-corrected chi connectivity index (χ3v) is 17.8. The summed E-state index contributed by atoms with van der Waals surface area (Å²) in [7, 11) is -0.486. The van der Waals surface area contributed by atoms with Crippen LogP contribution < -0.4 is 4.74 Å². The number of carbonyl (C=O) groups is 2. The smallest absolute Gasteiger partial charge is 0.457 e. The molecule has 11 nitrogen and oxygen atoms in total. The van der Waals surface area contributed by atoms with E-state index < -0.39 is 43.1 Å². The average molecular weight is 830 g/mol. The monoisotopic (exact) mass is 830 g/mol. The Labute approximate surface area is 350 Å². The Balaban J connectivity index is 2.48. The van der Waals surface area contributed by atoms with Gasteiger partial charge in [0, 0.05) is 30.6 Å². The molecule has 0 fully saturated rings. The molecule has 2 rings (SSSR count). The number of ether oxygens (including phenoxy) is 4. The molecule has 0 spiro atoms. The van der Waals surface area contributed by atoms with Gasteiger partial charge in [0.2, 0.25) is 0 Å². The van der Waals surface area contributed by atoms with Crippen LogP contribution in [0.15, 0.2) is 60.2 Å². The number of esters is 1. The minimum absolute atomic E-state index is 0.0518. The first-order valence-electron chi connectivity index (χ1n) is 21.3. The molecular formula is C46H75NO10Si. The summed E-state index contributed by atoms with van der Waals surface area (Å²) in [4.78, 5) is 37.7. The normalized spacial score (nSPS) is 23.9. The first-order valence-corrected chi connectivity index (χ1v) is 23.7. The van der Waals surface area contributed by atoms with Crippen molar-refractivity contribution in [1.82, 2.24) is 0 Å². The van der Waals surface area contributed by atoms with Gasteiger partial charge in [-0.25, -0.2) is 4.79 Å². The number of carbonyl (C=O) groups excluding carboxylic acids is 2. The molecule has 1 aliphatic rings. The average Bonchev–Trinajstić information content (AvgIpc) is 3.15. The number of benzene rings is 1. The predicted octanol–water partition coefficient (Wildman–Crippen LogP) is 11.6. The van der Waals surface area contributed by atoms with Gasteiger partial charge in [-0.3, -0.25) is 14.9 Å². The van der Waals surface area contributed by atoms with Crippen LogP contribution in [0.4, 0.5) is 10.5 Å². The SMILES string of the molecule is CCC(OC)C(C)C(C)C(O)CC(C)(C)/C=C/C=C(\C)C1OC(=O)CC(O[Si](CC)(CC)C(C)C)CCC(C)(C)C(OC(=O)Oc2ccc([N+](=O)[O-])cc2)/C=C/C1C. The summed E-state index contributed by atoms with van der Waals surface area (Å²) in [5.41, 5.74) is 0.157. The van der Waals surface area contributed by atoms with Crippen LogP contribution in [0.5, 0.6) is 5.75 Å². The van der Waals surface area contributed by atoms with Gasteiger partial charge in [0.15, 0.2) is 8.32 Å². The second kappa shape index (κ2) is 22.9. The highest BCUT2D eigenvalue weighted by Crippen LogP contribution is 2.38. The molecule has 1 aromatic rings. The van der Waals surface area contributed by atoms with Crippen molar-refractivity contribution in [2.45, 2.75) is 170 Å². The summed E-state index contributed by atoms with van der Waals surface area (Å²) in [6, 6.07) is 7.08. The van der Waals surface area contributed by atoms with Gasteiger partial charge in [-0.2, -0.15) is 0 Å². The quantitative estimate of drug-likeness (QED) is 0.0289. The van der Waals surface area contributed by atoms with E-state index in [4.69, 9.17) is 23.4 Å². The number of aliphatic hydroxyl groups excluding tert-OH is 1. The van der Waals surface area contributed by atoms with E-state index in [1.54, 1.807) is 7.11 Å². The number of hydrogen-bond donors (Lipinski definition) is 1. The number of methoxy groups -OCH3 is 1. The summed E-state index contributed by atoms with van der Waals surface area (Å²) < 4.78 is 30.4. The van der Waals surface area contributed by atoms with E-state index in [2.05, 4.69) is 68.4 Å². The van der Waals surface area contributed by atoms with Crippen molar-refractivity contribution in [3.05, 3.63) is 70.3 Å². The molecule has 1 aromatic carbocycles. The van der Waals surface area contributed by atoms with Crippen LogP contribution in [-0.4, -0.2) is 68.1 Å². The second-order valence-corrected chi connectivity index (χ2v) is 23.1. The van der Waals surface area contributed by atoms with E-state index in [9.17, 15) is 24.8 Å². The molecule has 1 heterocycles. The van der Waals surface area contributed by atoms with E-state index in [1.165, 1.54) is 24.3 Å². The number of nitrogens with zero attached hydrogens (tertiary/aromatic N) is 1. The maximum atomic E-state index is 13.9. The Bertz CT molecular complexity index is 1540. The van der Waals surface area contributed by atoms with Gasteiger partial charge in [-0.05, 0) is 91.3 Å². The number of nitro benzene ring substituents is 1. The van der Waals surface area contributed by atoms with Crippen LogP contribution in [0.1, 0.15) is 122 Å². The lowest BCUT2D eigenvalue weighted by atomic mass is 9.77. The summed E-state index contributed by atoms with van der Waals surface area (Å²) in [5.74, 6) is -0.251. The fraction of sp³-hybridized carbons (Fsp3) is 0.696. The number of rotatable bonds is 18. The van der Waals surface area contributed by atoms with Crippen molar-refractivity contribution >= 4 is 26.1 Å². The molecule has 0 bridgehead atoms. The third kappa shape index (κ3) is 15.1. The minimum Gasteiger partial charge on any atom is -0.457 e. The van der Waals surface area contributed by atoms with Crippen LogP contribution in [0.3, 0.4) is 0 Å². The highest BCUT2D eigenvalue weighted by Gasteiger charge is 2.40. The first-order chi connectivity index (χ1) is 27.0. The first kappa shape index (κ1) is 50.8. The van der Waals surface area contributed by atoms with Crippen molar-refractivity contribution in [2.24, 2.45) is 28.6 Å². The van der Waals surface area contributed by atoms with Gasteiger partial charge in [-0.15, -0.1) is 0 Å². The molecule has 1 aliphatic heterocycles. The number of non-ortho nitro benzene ring substituents is 1. The summed E-state index contributed by atoms with van der Waals surface area (Å²) in [6.45, 7) is 27.2. The zero-order valence-corrected chi connectivity index (χ0v) is 38.9. The fourth-order valence-electron chi connectivity index (χ4n) is 8.06. The number of hydrogen-bond acceptors (Lipinski definition) is 10. The molecule has 0 saturated heterocycles. The highest BCUT2D eigenvalue weighted by atomic mass is 28.4. The van der Waals surface area contributed by atoms with Crippen molar-refractivity contribution in [1.29, 1.82) is 0 Å². The zero-order valence-electron chi connectivity index (χ0n) is 37.9. The predicted molar refractivity (Wildman–Crippen MR) is 233 cm³/mol. The molecule has 0 aliphatic carbocycles. The van der Waals surface area contributed by atoms with E-state index in [0.717, 1.165) is 24.1 Å². The summed E-state index contributed by atoms with van der Waals surface area (Å²) in [5, 5.41) is 22.3. The minimum atomic E-state index is -2.21. The zero-order chi connectivity index (χ0) is 44.0. The van der Waals surface area contributed by atoms with Crippen molar-refractivity contribution in [2.75, 3.05) is 7.11 Å². The molecule has 0 saturated carbocycles. The molecule has 0 aromatic heterocycles.